The Morgan fingerprint density at radius 1 is 1.40 bits per heavy atom. The van der Waals surface area contributed by atoms with E-state index in [-0.39, 0.29) is 13.0 Å². The van der Waals surface area contributed by atoms with Crippen molar-refractivity contribution >= 4 is 0 Å². The van der Waals surface area contributed by atoms with Crippen LogP contribution < -0.4 is 0 Å². The number of hydrogen-bond donors (Lipinski definition) is 0. The zero-order valence-corrected chi connectivity index (χ0v) is 5.74. The highest BCUT2D eigenvalue weighted by atomic mass is 19.4. The van der Waals surface area contributed by atoms with E-state index in [9.17, 15) is 13.2 Å². The van der Waals surface area contributed by atoms with Gasteiger partial charge in [-0.1, -0.05) is 0 Å². The fourth-order valence-corrected chi connectivity index (χ4v) is 0.474. The Bertz CT molecular complexity index is 79.6. The molecule has 0 aliphatic rings. The van der Waals surface area contributed by atoms with Crippen LogP contribution in [0.15, 0.2) is 0 Å². The molecule has 0 fully saturated rings. The van der Waals surface area contributed by atoms with Gasteiger partial charge in [-0.15, -0.1) is 0 Å². The van der Waals surface area contributed by atoms with Crippen molar-refractivity contribution in [2.75, 3.05) is 6.61 Å². The lowest BCUT2D eigenvalue weighted by molar-refractivity contribution is -0.137. The molecule has 0 saturated heterocycles. The third-order valence-corrected chi connectivity index (χ3v) is 0.889. The van der Waals surface area contributed by atoms with Gasteiger partial charge in [0.05, 0.1) is 6.61 Å². The van der Waals surface area contributed by atoms with Crippen molar-refractivity contribution in [3.8, 4) is 0 Å². The molecule has 0 amide bonds. The lowest BCUT2D eigenvalue weighted by Gasteiger charge is -2.04. The van der Waals surface area contributed by atoms with Gasteiger partial charge in [0.2, 0.25) is 0 Å². The number of halogens is 3. The van der Waals surface area contributed by atoms with Crippen LogP contribution in [-0.4, -0.2) is 12.8 Å². The predicted octanol–water partition coefficient (Wildman–Crippen LogP) is 2.53. The molecule has 0 rings (SSSR count). The summed E-state index contributed by atoms with van der Waals surface area (Å²) >= 11 is 0. The molecule has 0 N–H and O–H groups in total. The summed E-state index contributed by atoms with van der Waals surface area (Å²) in [6.07, 6.45) is -4.77. The maximum absolute atomic E-state index is 11.4. The largest absolute Gasteiger partial charge is 0.389 e. The van der Waals surface area contributed by atoms with Gasteiger partial charge in [-0.2, -0.15) is 13.2 Å². The Labute approximate surface area is 58.2 Å². The summed E-state index contributed by atoms with van der Waals surface area (Å²) in [5, 5.41) is 0. The van der Waals surface area contributed by atoms with Crippen LogP contribution in [0.2, 0.25) is 0 Å². The van der Waals surface area contributed by atoms with E-state index < -0.39 is 12.6 Å². The van der Waals surface area contributed by atoms with Crippen LogP contribution >= 0.6 is 0 Å². The molecule has 0 aromatic heterocycles. The normalized spacial score (nSPS) is 12.0. The minimum absolute atomic E-state index is 0.0356. The maximum Gasteiger partial charge on any atom is 0.389 e. The molecule has 0 heterocycles. The second kappa shape index (κ2) is 4.55. The van der Waals surface area contributed by atoms with Gasteiger partial charge in [0.15, 0.2) is 0 Å². The first kappa shape index (κ1) is 9.75. The highest BCUT2D eigenvalue weighted by molar-refractivity contribution is 4.50. The van der Waals surface area contributed by atoms with Crippen molar-refractivity contribution in [3.05, 3.63) is 6.61 Å². The summed E-state index contributed by atoms with van der Waals surface area (Å²) in [5.41, 5.74) is 0. The molecule has 0 aromatic rings. The molecule has 0 saturated carbocycles. The second-order valence-electron chi connectivity index (χ2n) is 1.83. The van der Waals surface area contributed by atoms with Gasteiger partial charge in [-0.3, -0.25) is 0 Å². The zero-order valence-electron chi connectivity index (χ0n) is 5.74. The van der Waals surface area contributed by atoms with Crippen molar-refractivity contribution in [2.24, 2.45) is 0 Å². The molecule has 10 heavy (non-hydrogen) atoms. The fourth-order valence-electron chi connectivity index (χ4n) is 0.474. The average molecular weight is 155 g/mol. The molecule has 0 aliphatic carbocycles. The van der Waals surface area contributed by atoms with Crippen LogP contribution in [-0.2, 0) is 4.74 Å². The van der Waals surface area contributed by atoms with Crippen molar-refractivity contribution in [3.63, 3.8) is 0 Å². The van der Waals surface area contributed by atoms with Gasteiger partial charge in [0.1, 0.15) is 0 Å². The minimum Gasteiger partial charge on any atom is -0.376 e. The van der Waals surface area contributed by atoms with Crippen LogP contribution in [0.1, 0.15) is 19.8 Å². The quantitative estimate of drug-likeness (QED) is 0.567. The molecule has 0 bridgehead atoms. The van der Waals surface area contributed by atoms with E-state index in [1.54, 1.807) is 6.92 Å². The van der Waals surface area contributed by atoms with Gasteiger partial charge in [-0.05, 0) is 13.3 Å². The monoisotopic (exact) mass is 155 g/mol. The molecule has 1 radical (unpaired) electrons. The Morgan fingerprint density at radius 2 is 2.00 bits per heavy atom. The number of ether oxygens (including phenoxy) is 1. The summed E-state index contributed by atoms with van der Waals surface area (Å²) in [5.74, 6) is 0. The lowest BCUT2D eigenvalue weighted by Crippen LogP contribution is -2.08. The van der Waals surface area contributed by atoms with Crippen LogP contribution in [0.3, 0.4) is 0 Å². The molecule has 1 nitrogen and oxygen atoms in total. The number of rotatable bonds is 4. The molecule has 61 valence electrons. The maximum atomic E-state index is 11.4. The van der Waals surface area contributed by atoms with Crippen LogP contribution in [0.4, 0.5) is 13.2 Å². The Morgan fingerprint density at radius 3 is 2.40 bits per heavy atom. The third kappa shape index (κ3) is 7.75. The Kier molecular flexibility index (Phi) is 4.43. The van der Waals surface area contributed by atoms with Gasteiger partial charge in [0.25, 0.3) is 0 Å². The van der Waals surface area contributed by atoms with E-state index >= 15 is 0 Å². The molecule has 0 spiro atoms. The van der Waals surface area contributed by atoms with Crippen molar-refractivity contribution in [1.29, 1.82) is 0 Å². The third-order valence-electron chi connectivity index (χ3n) is 0.889. The summed E-state index contributed by atoms with van der Waals surface area (Å²) in [4.78, 5) is 0. The first-order valence-corrected chi connectivity index (χ1v) is 3.02. The van der Waals surface area contributed by atoms with E-state index in [0.29, 0.717) is 0 Å². The van der Waals surface area contributed by atoms with Crippen LogP contribution in [0.25, 0.3) is 0 Å². The van der Waals surface area contributed by atoms with E-state index in [0.717, 1.165) is 0 Å². The standard InChI is InChI=1S/C6H10F3O/c1-2-10-5-3-4-6(7,8)9/h2H,3-5H2,1H3. The average Bonchev–Trinajstić information content (AvgIpc) is 1.78. The summed E-state index contributed by atoms with van der Waals surface area (Å²) in [6, 6.07) is 0. The van der Waals surface area contributed by atoms with Gasteiger partial charge in [0, 0.05) is 13.0 Å². The zero-order chi connectivity index (χ0) is 8.04. The predicted molar refractivity (Wildman–Crippen MR) is 31.2 cm³/mol. The summed E-state index contributed by atoms with van der Waals surface area (Å²) < 4.78 is 38.9. The minimum atomic E-state index is -4.04. The molecule has 0 aromatic carbocycles. The lowest BCUT2D eigenvalue weighted by atomic mass is 10.3. The van der Waals surface area contributed by atoms with Gasteiger partial charge < -0.3 is 4.74 Å². The Balaban J connectivity index is 3.04. The molecule has 0 atom stereocenters. The molecule has 0 unspecified atom stereocenters. The molecular formula is C6H10F3O. The molecular weight excluding hydrogens is 145 g/mol. The van der Waals surface area contributed by atoms with E-state index in [1.165, 1.54) is 6.61 Å². The summed E-state index contributed by atoms with van der Waals surface area (Å²) in [7, 11) is 0. The van der Waals surface area contributed by atoms with E-state index in [2.05, 4.69) is 4.74 Å². The van der Waals surface area contributed by atoms with Crippen LogP contribution in [0, 0.1) is 6.61 Å². The van der Waals surface area contributed by atoms with Crippen molar-refractivity contribution in [1.82, 2.24) is 0 Å². The van der Waals surface area contributed by atoms with E-state index in [4.69, 9.17) is 0 Å². The SMILES string of the molecule is C[CH]OCCCC(F)(F)F. The summed E-state index contributed by atoms with van der Waals surface area (Å²) in [6.45, 7) is 3.17. The molecule has 4 heteroatoms. The molecule has 0 aliphatic heterocycles. The highest BCUT2D eigenvalue weighted by Crippen LogP contribution is 2.20. The van der Waals surface area contributed by atoms with Crippen molar-refractivity contribution in [2.45, 2.75) is 25.9 Å². The van der Waals surface area contributed by atoms with Gasteiger partial charge in [-0.25, -0.2) is 0 Å². The second-order valence-corrected chi connectivity index (χ2v) is 1.83. The first-order chi connectivity index (χ1) is 4.56. The van der Waals surface area contributed by atoms with Crippen molar-refractivity contribution < 1.29 is 17.9 Å². The Hall–Kier alpha value is -0.250. The highest BCUT2D eigenvalue weighted by Gasteiger charge is 2.25. The first-order valence-electron chi connectivity index (χ1n) is 3.02. The fraction of sp³-hybridized carbons (Fsp3) is 0.833. The number of alkyl halides is 3. The van der Waals surface area contributed by atoms with E-state index in [1.807, 2.05) is 0 Å². The smallest absolute Gasteiger partial charge is 0.376 e. The van der Waals surface area contributed by atoms with Gasteiger partial charge >= 0.3 is 6.18 Å². The topological polar surface area (TPSA) is 9.23 Å². The number of hydrogen-bond acceptors (Lipinski definition) is 1. The van der Waals surface area contributed by atoms with Crippen LogP contribution in [0.5, 0.6) is 0 Å².